The lowest BCUT2D eigenvalue weighted by molar-refractivity contribution is 0.551. The molecule has 0 amide bonds. The third-order valence-electron chi connectivity index (χ3n) is 4.75. The maximum atomic E-state index is 12.9. The van der Waals surface area contributed by atoms with Gasteiger partial charge < -0.3 is 0 Å². The highest BCUT2D eigenvalue weighted by atomic mass is 32.2. The summed E-state index contributed by atoms with van der Waals surface area (Å²) in [4.78, 5) is 0.269. The molecule has 1 atom stereocenters. The van der Waals surface area contributed by atoms with Gasteiger partial charge in [0.2, 0.25) is 10.0 Å². The van der Waals surface area contributed by atoms with Gasteiger partial charge in [-0.15, -0.1) is 10.2 Å². The van der Waals surface area contributed by atoms with Crippen LogP contribution in [-0.4, -0.2) is 28.8 Å². The van der Waals surface area contributed by atoms with Crippen molar-refractivity contribution in [2.75, 3.05) is 5.75 Å². The summed E-state index contributed by atoms with van der Waals surface area (Å²) in [5.74, 6) is 0.686. The van der Waals surface area contributed by atoms with Crippen LogP contribution in [-0.2, 0) is 10.0 Å². The lowest BCUT2D eigenvalue weighted by atomic mass is 10.1. The van der Waals surface area contributed by atoms with Gasteiger partial charge in [-0.1, -0.05) is 65.9 Å². The van der Waals surface area contributed by atoms with Crippen molar-refractivity contribution in [2.45, 2.75) is 29.4 Å². The van der Waals surface area contributed by atoms with Gasteiger partial charge in [-0.3, -0.25) is 4.40 Å². The van der Waals surface area contributed by atoms with Crippen LogP contribution in [0.4, 0.5) is 0 Å². The average molecular weight is 439 g/mol. The van der Waals surface area contributed by atoms with Crippen LogP contribution in [0.5, 0.6) is 0 Å². The summed E-state index contributed by atoms with van der Waals surface area (Å²) in [5.41, 5.74) is 2.74. The maximum absolute atomic E-state index is 12.9. The highest BCUT2D eigenvalue weighted by Gasteiger charge is 2.21. The zero-order valence-electron chi connectivity index (χ0n) is 16.5. The summed E-state index contributed by atoms with van der Waals surface area (Å²) in [6.07, 6.45) is 2.54. The number of thioether (sulfide) groups is 1. The number of hydrogen-bond acceptors (Lipinski definition) is 5. The summed E-state index contributed by atoms with van der Waals surface area (Å²) in [6.45, 7) is 1.93. The zero-order chi connectivity index (χ0) is 21.0. The van der Waals surface area contributed by atoms with E-state index in [1.807, 2.05) is 66.1 Å². The molecular formula is C22H22N4O2S2. The van der Waals surface area contributed by atoms with E-state index in [2.05, 4.69) is 14.9 Å². The third-order valence-corrected chi connectivity index (χ3v) is 7.21. The van der Waals surface area contributed by atoms with Gasteiger partial charge in [-0.25, -0.2) is 13.1 Å². The van der Waals surface area contributed by atoms with Crippen LogP contribution < -0.4 is 4.72 Å². The van der Waals surface area contributed by atoms with Gasteiger partial charge in [0.1, 0.15) is 0 Å². The maximum Gasteiger partial charge on any atom is 0.241 e. The van der Waals surface area contributed by atoms with Crippen LogP contribution in [0.15, 0.2) is 89.0 Å². The number of pyridine rings is 1. The van der Waals surface area contributed by atoms with Crippen LogP contribution in [0.3, 0.4) is 0 Å². The van der Waals surface area contributed by atoms with Crippen LogP contribution in [0.2, 0.25) is 0 Å². The lowest BCUT2D eigenvalue weighted by Gasteiger charge is -2.19. The Morgan fingerprint density at radius 1 is 0.967 bits per heavy atom. The molecule has 0 unspecified atom stereocenters. The highest BCUT2D eigenvalue weighted by Crippen LogP contribution is 2.25. The van der Waals surface area contributed by atoms with Crippen LogP contribution in [0.25, 0.3) is 5.65 Å². The first-order valence-electron chi connectivity index (χ1n) is 9.59. The second-order valence-corrected chi connectivity index (χ2v) is 9.72. The first kappa shape index (κ1) is 20.6. The van der Waals surface area contributed by atoms with E-state index in [1.54, 1.807) is 36.0 Å². The molecule has 2 heterocycles. The minimum atomic E-state index is -3.64. The predicted octanol–water partition coefficient (Wildman–Crippen LogP) is 4.24. The SMILES string of the molecule is Cc1ccc(S(=O)(=O)N[C@@H](CCSc2nnc3ccccn23)c2ccccc2)cc1. The minimum Gasteiger partial charge on any atom is -0.277 e. The molecule has 0 aliphatic heterocycles. The summed E-state index contributed by atoms with van der Waals surface area (Å²) in [7, 11) is -3.64. The van der Waals surface area contributed by atoms with Crippen LogP contribution in [0.1, 0.15) is 23.6 Å². The minimum absolute atomic E-state index is 0.269. The molecule has 6 nitrogen and oxygen atoms in total. The molecule has 4 rings (SSSR count). The monoisotopic (exact) mass is 438 g/mol. The Kier molecular flexibility index (Phi) is 6.17. The number of nitrogens with one attached hydrogen (secondary N) is 1. The summed E-state index contributed by atoms with van der Waals surface area (Å²) in [6, 6.07) is 21.9. The smallest absolute Gasteiger partial charge is 0.241 e. The summed E-state index contributed by atoms with van der Waals surface area (Å²) < 4.78 is 30.7. The summed E-state index contributed by atoms with van der Waals surface area (Å²) >= 11 is 1.56. The lowest BCUT2D eigenvalue weighted by Crippen LogP contribution is -2.29. The Labute approximate surface area is 180 Å². The van der Waals surface area contributed by atoms with Crippen LogP contribution >= 0.6 is 11.8 Å². The Morgan fingerprint density at radius 2 is 1.70 bits per heavy atom. The molecule has 30 heavy (non-hydrogen) atoms. The first-order valence-corrected chi connectivity index (χ1v) is 12.1. The molecule has 0 aliphatic carbocycles. The topological polar surface area (TPSA) is 76.4 Å². The van der Waals surface area contributed by atoms with Gasteiger partial charge in [0.15, 0.2) is 10.8 Å². The van der Waals surface area contributed by atoms with Crippen molar-refractivity contribution in [3.8, 4) is 0 Å². The largest absolute Gasteiger partial charge is 0.277 e. The second-order valence-electron chi connectivity index (χ2n) is 6.95. The van der Waals surface area contributed by atoms with Gasteiger partial charge in [-0.05, 0) is 43.2 Å². The fourth-order valence-corrected chi connectivity index (χ4v) is 5.32. The molecule has 0 saturated heterocycles. The molecule has 0 saturated carbocycles. The van der Waals surface area contributed by atoms with E-state index < -0.39 is 10.0 Å². The molecule has 8 heteroatoms. The van der Waals surface area contributed by atoms with Gasteiger partial charge in [0.05, 0.1) is 4.90 Å². The number of aromatic nitrogens is 3. The molecule has 0 aliphatic rings. The van der Waals surface area contributed by atoms with Crippen molar-refractivity contribution in [2.24, 2.45) is 0 Å². The van der Waals surface area contributed by atoms with E-state index in [9.17, 15) is 8.42 Å². The molecule has 2 aromatic heterocycles. The Hall–Kier alpha value is -2.68. The third kappa shape index (κ3) is 4.72. The Bertz CT molecular complexity index is 1220. The standard InChI is InChI=1S/C22H22N4O2S2/c1-17-10-12-19(13-11-17)30(27,28)25-20(18-7-3-2-4-8-18)14-16-29-22-24-23-21-9-5-6-15-26(21)22/h2-13,15,20,25H,14,16H2,1H3/t20-/m0/s1. The van der Waals surface area contributed by atoms with Crippen molar-refractivity contribution >= 4 is 27.4 Å². The molecule has 4 aromatic rings. The van der Waals surface area contributed by atoms with Crippen molar-refractivity contribution in [3.05, 3.63) is 90.1 Å². The first-order chi connectivity index (χ1) is 14.5. The van der Waals surface area contributed by atoms with Crippen molar-refractivity contribution < 1.29 is 8.42 Å². The van der Waals surface area contributed by atoms with Gasteiger partial charge in [0.25, 0.3) is 0 Å². The van der Waals surface area contributed by atoms with Crippen molar-refractivity contribution in [1.82, 2.24) is 19.3 Å². The van der Waals surface area contributed by atoms with Crippen molar-refractivity contribution in [3.63, 3.8) is 0 Å². The van der Waals surface area contributed by atoms with E-state index in [-0.39, 0.29) is 10.9 Å². The molecule has 1 N–H and O–H groups in total. The van der Waals surface area contributed by atoms with Crippen molar-refractivity contribution in [1.29, 1.82) is 0 Å². The quantitative estimate of drug-likeness (QED) is 0.417. The number of benzene rings is 2. The van der Waals surface area contributed by atoms with Crippen LogP contribution in [0, 0.1) is 6.92 Å². The zero-order valence-corrected chi connectivity index (χ0v) is 18.1. The summed E-state index contributed by atoms with van der Waals surface area (Å²) in [5, 5.41) is 9.18. The molecule has 0 radical (unpaired) electrons. The average Bonchev–Trinajstić information content (AvgIpc) is 3.17. The van der Waals surface area contributed by atoms with E-state index >= 15 is 0 Å². The number of nitrogens with zero attached hydrogens (tertiary/aromatic N) is 3. The number of hydrogen-bond donors (Lipinski definition) is 1. The highest BCUT2D eigenvalue weighted by molar-refractivity contribution is 7.99. The molecular weight excluding hydrogens is 416 g/mol. The van der Waals surface area contributed by atoms with Gasteiger partial charge in [-0.2, -0.15) is 0 Å². The normalized spacial score (nSPS) is 12.8. The van der Waals surface area contributed by atoms with Gasteiger partial charge >= 0.3 is 0 Å². The van der Waals surface area contributed by atoms with E-state index in [0.717, 1.165) is 21.9 Å². The molecule has 0 fully saturated rings. The van der Waals surface area contributed by atoms with E-state index in [0.29, 0.717) is 12.2 Å². The van der Waals surface area contributed by atoms with Gasteiger partial charge in [0, 0.05) is 18.0 Å². The number of sulfonamides is 1. The fraction of sp³-hybridized carbons (Fsp3) is 0.182. The predicted molar refractivity (Wildman–Crippen MR) is 119 cm³/mol. The molecule has 0 spiro atoms. The fourth-order valence-electron chi connectivity index (χ4n) is 3.14. The molecule has 154 valence electrons. The number of fused-ring (bicyclic) bond motifs is 1. The molecule has 0 bridgehead atoms. The van der Waals surface area contributed by atoms with E-state index in [1.165, 1.54) is 0 Å². The number of aryl methyl sites for hydroxylation is 1. The Morgan fingerprint density at radius 3 is 2.47 bits per heavy atom. The Balaban J connectivity index is 1.51. The molecule has 2 aromatic carbocycles. The second kappa shape index (κ2) is 8.99. The van der Waals surface area contributed by atoms with E-state index in [4.69, 9.17) is 0 Å². The number of rotatable bonds is 8.